The van der Waals surface area contributed by atoms with Crippen LogP contribution >= 0.6 is 11.3 Å². The van der Waals surface area contributed by atoms with Gasteiger partial charge in [0, 0.05) is 39.3 Å². The number of aryl methyl sites for hydroxylation is 2. The van der Waals surface area contributed by atoms with Crippen molar-refractivity contribution in [3.8, 4) is 0 Å². The third-order valence-electron chi connectivity index (χ3n) is 6.57. The van der Waals surface area contributed by atoms with Crippen LogP contribution in [0.4, 0.5) is 5.00 Å². The van der Waals surface area contributed by atoms with Gasteiger partial charge in [-0.1, -0.05) is 37.5 Å². The number of thiophene rings is 1. The Morgan fingerprint density at radius 2 is 1.93 bits per heavy atom. The summed E-state index contributed by atoms with van der Waals surface area (Å²) in [5.41, 5.74) is 5.43. The van der Waals surface area contributed by atoms with E-state index in [1.807, 2.05) is 12.3 Å². The number of aromatic amines is 1. The number of fused-ring (bicyclic) bond motifs is 2. The summed E-state index contributed by atoms with van der Waals surface area (Å²) in [5.74, 6) is 0.0871. The summed E-state index contributed by atoms with van der Waals surface area (Å²) >= 11 is 1.72. The Morgan fingerprint density at radius 3 is 2.80 bits per heavy atom. The lowest BCUT2D eigenvalue weighted by molar-refractivity contribution is 0.0927. The van der Waals surface area contributed by atoms with Gasteiger partial charge in [-0.25, -0.2) is 4.99 Å². The first kappa shape index (κ1) is 19.6. The predicted molar refractivity (Wildman–Crippen MR) is 126 cm³/mol. The molecule has 2 heterocycles. The zero-order chi connectivity index (χ0) is 20.5. The molecule has 2 N–H and O–H groups in total. The number of para-hydroxylation sites is 1. The molecule has 1 saturated carbocycles. The predicted octanol–water partition coefficient (Wildman–Crippen LogP) is 6.23. The SMILES string of the molecule is Cc1[nH]c2ccccc2c1C=Nc1sc2c(c1C(=O)NC1CCCCC1)CCCC2. The number of carbonyl (C=O) groups excluding carboxylic acids is 1. The molecule has 156 valence electrons. The maximum atomic E-state index is 13.3. The van der Waals surface area contributed by atoms with Gasteiger partial charge < -0.3 is 10.3 Å². The molecule has 5 rings (SSSR count). The minimum absolute atomic E-state index is 0.0871. The lowest BCUT2D eigenvalue weighted by Gasteiger charge is -2.23. The summed E-state index contributed by atoms with van der Waals surface area (Å²) in [6, 6.07) is 8.63. The third kappa shape index (κ3) is 3.71. The van der Waals surface area contributed by atoms with E-state index in [1.165, 1.54) is 41.5 Å². The summed E-state index contributed by atoms with van der Waals surface area (Å²) in [6.07, 6.45) is 12.3. The van der Waals surface area contributed by atoms with E-state index >= 15 is 0 Å². The Labute approximate surface area is 181 Å². The Kier molecular flexibility index (Phi) is 5.47. The van der Waals surface area contributed by atoms with Crippen LogP contribution < -0.4 is 5.32 Å². The maximum absolute atomic E-state index is 13.3. The van der Waals surface area contributed by atoms with Crippen LogP contribution in [0.1, 0.15) is 77.0 Å². The van der Waals surface area contributed by atoms with Crippen molar-refractivity contribution in [1.29, 1.82) is 0 Å². The Morgan fingerprint density at radius 1 is 1.13 bits per heavy atom. The highest BCUT2D eigenvalue weighted by Crippen LogP contribution is 2.40. The van der Waals surface area contributed by atoms with Gasteiger partial charge in [-0.15, -0.1) is 11.3 Å². The number of hydrogen-bond donors (Lipinski definition) is 2. The fourth-order valence-corrected chi connectivity index (χ4v) is 6.20. The molecule has 0 atom stereocenters. The van der Waals surface area contributed by atoms with Crippen molar-refractivity contribution in [3.63, 3.8) is 0 Å². The van der Waals surface area contributed by atoms with E-state index in [9.17, 15) is 4.79 Å². The molecule has 3 aromatic rings. The number of benzene rings is 1. The second-order valence-electron chi connectivity index (χ2n) is 8.67. The normalized spacial score (nSPS) is 17.5. The minimum Gasteiger partial charge on any atom is -0.358 e. The van der Waals surface area contributed by atoms with Gasteiger partial charge in [0.25, 0.3) is 5.91 Å². The molecule has 0 spiro atoms. The van der Waals surface area contributed by atoms with Crippen molar-refractivity contribution in [3.05, 3.63) is 51.5 Å². The van der Waals surface area contributed by atoms with E-state index in [4.69, 9.17) is 4.99 Å². The number of rotatable bonds is 4. The highest BCUT2D eigenvalue weighted by atomic mass is 32.1. The summed E-state index contributed by atoms with van der Waals surface area (Å²) in [4.78, 5) is 23.0. The summed E-state index contributed by atoms with van der Waals surface area (Å²) in [7, 11) is 0. The van der Waals surface area contributed by atoms with Gasteiger partial charge >= 0.3 is 0 Å². The summed E-state index contributed by atoms with van der Waals surface area (Å²) in [5, 5.41) is 5.38. The van der Waals surface area contributed by atoms with E-state index < -0.39 is 0 Å². The lowest BCUT2D eigenvalue weighted by atomic mass is 9.93. The first-order valence-electron chi connectivity index (χ1n) is 11.3. The van der Waals surface area contributed by atoms with E-state index in [0.717, 1.165) is 59.4 Å². The average molecular weight is 420 g/mol. The van der Waals surface area contributed by atoms with Crippen LogP contribution in [0, 0.1) is 6.92 Å². The number of aliphatic imine (C=N–C) groups is 1. The number of amides is 1. The average Bonchev–Trinajstić information content (AvgIpc) is 3.29. The summed E-state index contributed by atoms with van der Waals surface area (Å²) in [6.45, 7) is 2.08. The van der Waals surface area contributed by atoms with Crippen molar-refractivity contribution in [1.82, 2.24) is 10.3 Å². The maximum Gasteiger partial charge on any atom is 0.254 e. The molecule has 1 amide bonds. The van der Waals surface area contributed by atoms with Crippen molar-refractivity contribution in [2.75, 3.05) is 0 Å². The molecule has 0 aliphatic heterocycles. The van der Waals surface area contributed by atoms with Gasteiger partial charge in [0.2, 0.25) is 0 Å². The Bertz CT molecular complexity index is 1100. The number of nitrogens with zero attached hydrogens (tertiary/aromatic N) is 1. The standard InChI is InChI=1S/C25H29N3OS/c1-16-20(18-11-5-7-13-21(18)27-16)15-26-25-23(19-12-6-8-14-22(19)30-25)24(29)28-17-9-3-2-4-10-17/h5,7,11,13,15,17,27H,2-4,6,8-10,12,14H2,1H3,(H,28,29). The van der Waals surface area contributed by atoms with Crippen molar-refractivity contribution in [2.24, 2.45) is 4.99 Å². The smallest absolute Gasteiger partial charge is 0.254 e. The first-order chi connectivity index (χ1) is 14.7. The monoisotopic (exact) mass is 419 g/mol. The summed E-state index contributed by atoms with van der Waals surface area (Å²) < 4.78 is 0. The fourth-order valence-electron chi connectivity index (χ4n) is 4.97. The zero-order valence-electron chi connectivity index (χ0n) is 17.6. The zero-order valence-corrected chi connectivity index (χ0v) is 18.4. The second kappa shape index (κ2) is 8.38. The molecule has 30 heavy (non-hydrogen) atoms. The van der Waals surface area contributed by atoms with Gasteiger partial charge in [0.15, 0.2) is 0 Å². The molecule has 5 heteroatoms. The van der Waals surface area contributed by atoms with Gasteiger partial charge in [-0.05, 0) is 57.1 Å². The molecular formula is C25H29N3OS. The highest BCUT2D eigenvalue weighted by molar-refractivity contribution is 7.16. The van der Waals surface area contributed by atoms with Crippen molar-refractivity contribution in [2.45, 2.75) is 70.8 Å². The molecule has 0 unspecified atom stereocenters. The Balaban J connectivity index is 1.49. The van der Waals surface area contributed by atoms with Crippen LogP contribution in [0.25, 0.3) is 10.9 Å². The van der Waals surface area contributed by atoms with Crippen LogP contribution in [-0.4, -0.2) is 23.1 Å². The fraction of sp³-hybridized carbons (Fsp3) is 0.440. The number of hydrogen-bond acceptors (Lipinski definition) is 3. The minimum atomic E-state index is 0.0871. The van der Waals surface area contributed by atoms with Crippen LogP contribution in [0.3, 0.4) is 0 Å². The van der Waals surface area contributed by atoms with E-state index in [1.54, 1.807) is 11.3 Å². The molecule has 4 nitrogen and oxygen atoms in total. The number of H-pyrrole nitrogens is 1. The van der Waals surface area contributed by atoms with Gasteiger partial charge in [0.1, 0.15) is 5.00 Å². The molecule has 2 aliphatic carbocycles. The van der Waals surface area contributed by atoms with E-state index in [0.29, 0.717) is 6.04 Å². The van der Waals surface area contributed by atoms with Crippen molar-refractivity contribution < 1.29 is 4.79 Å². The number of carbonyl (C=O) groups is 1. The molecular weight excluding hydrogens is 390 g/mol. The molecule has 0 saturated heterocycles. The highest BCUT2D eigenvalue weighted by Gasteiger charge is 2.27. The quantitative estimate of drug-likeness (QED) is 0.484. The van der Waals surface area contributed by atoms with Crippen LogP contribution in [0.2, 0.25) is 0 Å². The molecule has 2 aliphatic rings. The van der Waals surface area contributed by atoms with Crippen LogP contribution in [-0.2, 0) is 12.8 Å². The van der Waals surface area contributed by atoms with Crippen molar-refractivity contribution >= 4 is 39.4 Å². The topological polar surface area (TPSA) is 57.2 Å². The molecule has 0 radical (unpaired) electrons. The van der Waals surface area contributed by atoms with E-state index in [2.05, 4.69) is 35.4 Å². The van der Waals surface area contributed by atoms with E-state index in [-0.39, 0.29) is 5.91 Å². The molecule has 1 fully saturated rings. The molecule has 0 bridgehead atoms. The molecule has 2 aromatic heterocycles. The molecule has 1 aromatic carbocycles. The van der Waals surface area contributed by atoms with Gasteiger partial charge in [-0.3, -0.25) is 4.79 Å². The largest absolute Gasteiger partial charge is 0.358 e. The lowest BCUT2D eigenvalue weighted by Crippen LogP contribution is -2.36. The Hall–Kier alpha value is -2.40. The number of nitrogens with one attached hydrogen (secondary N) is 2. The van der Waals surface area contributed by atoms with Crippen LogP contribution in [0.15, 0.2) is 29.3 Å². The second-order valence-corrected chi connectivity index (χ2v) is 9.75. The third-order valence-corrected chi connectivity index (χ3v) is 7.77. The van der Waals surface area contributed by atoms with Gasteiger partial charge in [-0.2, -0.15) is 0 Å². The van der Waals surface area contributed by atoms with Gasteiger partial charge in [0.05, 0.1) is 5.56 Å². The first-order valence-corrected chi connectivity index (χ1v) is 12.1. The number of aromatic nitrogens is 1. The van der Waals surface area contributed by atoms with Crippen LogP contribution in [0.5, 0.6) is 0 Å².